The van der Waals surface area contributed by atoms with Crippen molar-refractivity contribution in [1.82, 2.24) is 0 Å². The van der Waals surface area contributed by atoms with Crippen molar-refractivity contribution >= 4 is 43.0 Å². The van der Waals surface area contributed by atoms with Crippen molar-refractivity contribution in [1.29, 1.82) is 0 Å². The van der Waals surface area contributed by atoms with Crippen molar-refractivity contribution < 1.29 is 21.6 Å². The van der Waals surface area contributed by atoms with Crippen LogP contribution >= 0.6 is 27.3 Å². The molecule has 1 aromatic carbocycles. The molecule has 0 amide bonds. The van der Waals surface area contributed by atoms with E-state index in [0.29, 0.717) is 0 Å². The summed E-state index contributed by atoms with van der Waals surface area (Å²) in [6.07, 6.45) is -4.55. The predicted octanol–water partition coefficient (Wildman–Crippen LogP) is 4.64. The molecule has 9 heteroatoms. The Bertz CT molecular complexity index is 769. The number of hydrogen-bond donors (Lipinski definition) is 1. The molecule has 3 nitrogen and oxygen atoms in total. The summed E-state index contributed by atoms with van der Waals surface area (Å²) in [7, 11) is -3.89. The van der Waals surface area contributed by atoms with Crippen LogP contribution in [0.25, 0.3) is 0 Å². The third-order valence-electron chi connectivity index (χ3n) is 2.46. The molecular weight excluding hydrogens is 391 g/mol. The maximum absolute atomic E-state index is 12.7. The summed E-state index contributed by atoms with van der Waals surface area (Å²) in [5.41, 5.74) is -1.08. The van der Waals surface area contributed by atoms with Gasteiger partial charge in [0.2, 0.25) is 0 Å². The molecular formula is C12H9BrF3NO2S2. The number of rotatable bonds is 3. The second kappa shape index (κ2) is 5.62. The maximum Gasteiger partial charge on any atom is 0.416 e. The van der Waals surface area contributed by atoms with Gasteiger partial charge in [0, 0.05) is 9.35 Å². The Labute approximate surface area is 132 Å². The molecule has 0 atom stereocenters. The smallest absolute Gasteiger partial charge is 0.279 e. The highest BCUT2D eigenvalue weighted by Gasteiger charge is 2.31. The average Bonchev–Trinajstić information content (AvgIpc) is 2.74. The first-order chi connectivity index (χ1) is 9.58. The first kappa shape index (κ1) is 16.3. The number of sulfonamides is 1. The monoisotopic (exact) mass is 399 g/mol. The van der Waals surface area contributed by atoms with Crippen LogP contribution in [0, 0.1) is 6.92 Å². The Balaban J connectivity index is 2.38. The van der Waals surface area contributed by atoms with E-state index in [-0.39, 0.29) is 14.4 Å². The van der Waals surface area contributed by atoms with E-state index in [0.717, 1.165) is 28.3 Å². The Hall–Kier alpha value is -1.06. The third kappa shape index (κ3) is 3.98. The lowest BCUT2D eigenvalue weighted by atomic mass is 10.2. The summed E-state index contributed by atoms with van der Waals surface area (Å²) in [4.78, 5) is 0.792. The molecule has 1 N–H and O–H groups in total. The van der Waals surface area contributed by atoms with E-state index in [4.69, 9.17) is 0 Å². The van der Waals surface area contributed by atoms with E-state index in [1.807, 2.05) is 0 Å². The van der Waals surface area contributed by atoms with Crippen LogP contribution in [-0.4, -0.2) is 8.42 Å². The molecule has 0 radical (unpaired) electrons. The van der Waals surface area contributed by atoms with E-state index < -0.39 is 21.8 Å². The molecule has 0 aliphatic heterocycles. The van der Waals surface area contributed by atoms with Crippen molar-refractivity contribution in [3.8, 4) is 0 Å². The minimum atomic E-state index is -4.55. The number of alkyl halides is 3. The number of benzene rings is 1. The van der Waals surface area contributed by atoms with E-state index in [1.54, 1.807) is 13.0 Å². The lowest BCUT2D eigenvalue weighted by molar-refractivity contribution is -0.137. The summed E-state index contributed by atoms with van der Waals surface area (Å²) in [6, 6.07) is 5.94. The quantitative estimate of drug-likeness (QED) is 0.816. The molecule has 2 rings (SSSR count). The van der Waals surface area contributed by atoms with Crippen LogP contribution in [0.3, 0.4) is 0 Å². The molecule has 0 aliphatic rings. The number of aryl methyl sites for hydroxylation is 1. The standard InChI is InChI=1S/C12H9BrF3NO2S2/c1-7-2-3-11(20-7)21(18,19)17-10-5-8(12(14,15)16)4-9(13)6-10/h2-6,17H,1H3. The van der Waals surface area contributed by atoms with Gasteiger partial charge in [0.1, 0.15) is 4.21 Å². The highest BCUT2D eigenvalue weighted by atomic mass is 79.9. The normalized spacial score (nSPS) is 12.4. The second-order valence-electron chi connectivity index (χ2n) is 4.20. The van der Waals surface area contributed by atoms with Crippen LogP contribution in [0.5, 0.6) is 0 Å². The zero-order valence-corrected chi connectivity index (χ0v) is 13.8. The van der Waals surface area contributed by atoms with Crippen LogP contribution in [0.1, 0.15) is 10.4 Å². The van der Waals surface area contributed by atoms with Gasteiger partial charge in [0.25, 0.3) is 10.0 Å². The van der Waals surface area contributed by atoms with E-state index in [9.17, 15) is 21.6 Å². The minimum Gasteiger partial charge on any atom is -0.279 e. The van der Waals surface area contributed by atoms with Gasteiger partial charge in [-0.2, -0.15) is 13.2 Å². The second-order valence-corrected chi connectivity index (χ2v) is 8.31. The molecule has 0 saturated heterocycles. The minimum absolute atomic E-state index is 0.0496. The van der Waals surface area contributed by atoms with Crippen LogP contribution in [0.2, 0.25) is 0 Å². The van der Waals surface area contributed by atoms with Crippen LogP contribution in [0.4, 0.5) is 18.9 Å². The number of thiophene rings is 1. The summed E-state index contributed by atoms with van der Waals surface area (Å²) in [5, 5.41) is 0. The fourth-order valence-electron chi connectivity index (χ4n) is 1.57. The zero-order chi connectivity index (χ0) is 15.8. The van der Waals surface area contributed by atoms with Gasteiger partial charge in [-0.15, -0.1) is 11.3 Å². The highest BCUT2D eigenvalue weighted by molar-refractivity contribution is 9.10. The Morgan fingerprint density at radius 2 is 1.86 bits per heavy atom. The number of hydrogen-bond acceptors (Lipinski definition) is 3. The van der Waals surface area contributed by atoms with Gasteiger partial charge in [-0.05, 0) is 37.3 Å². The van der Waals surface area contributed by atoms with Gasteiger partial charge < -0.3 is 0 Å². The fourth-order valence-corrected chi connectivity index (χ4v) is 4.39. The highest BCUT2D eigenvalue weighted by Crippen LogP contribution is 2.34. The third-order valence-corrected chi connectivity index (χ3v) is 5.79. The topological polar surface area (TPSA) is 46.2 Å². The lowest BCUT2D eigenvalue weighted by Gasteiger charge is -2.11. The SMILES string of the molecule is Cc1ccc(S(=O)(=O)Nc2cc(Br)cc(C(F)(F)F)c2)s1. The maximum atomic E-state index is 12.7. The Morgan fingerprint density at radius 3 is 2.38 bits per heavy atom. The first-order valence-corrected chi connectivity index (χ1v) is 8.64. The number of nitrogens with one attached hydrogen (secondary N) is 1. The average molecular weight is 400 g/mol. The van der Waals surface area contributed by atoms with Crippen molar-refractivity contribution in [3.05, 3.63) is 45.2 Å². The molecule has 0 fully saturated rings. The van der Waals surface area contributed by atoms with Gasteiger partial charge in [0.05, 0.1) is 11.3 Å². The van der Waals surface area contributed by atoms with E-state index in [1.165, 1.54) is 12.1 Å². The summed E-state index contributed by atoms with van der Waals surface area (Å²) in [6.45, 7) is 1.74. The molecule has 114 valence electrons. The Kier molecular flexibility index (Phi) is 4.36. The van der Waals surface area contributed by atoms with Gasteiger partial charge in [-0.25, -0.2) is 8.42 Å². The van der Waals surface area contributed by atoms with Crippen molar-refractivity contribution in [2.75, 3.05) is 4.72 Å². The molecule has 0 unspecified atom stereocenters. The van der Waals surface area contributed by atoms with E-state index >= 15 is 0 Å². The molecule has 21 heavy (non-hydrogen) atoms. The van der Waals surface area contributed by atoms with Crippen LogP contribution in [-0.2, 0) is 16.2 Å². The Morgan fingerprint density at radius 1 is 1.19 bits per heavy atom. The largest absolute Gasteiger partial charge is 0.416 e. The fraction of sp³-hybridized carbons (Fsp3) is 0.167. The molecule has 0 saturated carbocycles. The van der Waals surface area contributed by atoms with Crippen molar-refractivity contribution in [2.45, 2.75) is 17.3 Å². The predicted molar refractivity (Wildman–Crippen MR) is 79.0 cm³/mol. The van der Waals surface area contributed by atoms with Gasteiger partial charge in [0.15, 0.2) is 0 Å². The molecule has 1 heterocycles. The summed E-state index contributed by atoms with van der Waals surface area (Å²) < 4.78 is 64.7. The summed E-state index contributed by atoms with van der Waals surface area (Å²) >= 11 is 3.98. The van der Waals surface area contributed by atoms with Crippen LogP contribution in [0.15, 0.2) is 39.0 Å². The van der Waals surface area contributed by atoms with Crippen molar-refractivity contribution in [2.24, 2.45) is 0 Å². The number of anilines is 1. The molecule has 0 aliphatic carbocycles. The molecule has 0 spiro atoms. The van der Waals surface area contributed by atoms with Gasteiger partial charge in [-0.1, -0.05) is 15.9 Å². The zero-order valence-electron chi connectivity index (χ0n) is 10.5. The molecule has 0 bridgehead atoms. The molecule has 1 aromatic heterocycles. The lowest BCUT2D eigenvalue weighted by Crippen LogP contribution is -2.13. The summed E-state index contributed by atoms with van der Waals surface area (Å²) in [5.74, 6) is 0. The van der Waals surface area contributed by atoms with Crippen LogP contribution < -0.4 is 4.72 Å². The first-order valence-electron chi connectivity index (χ1n) is 5.55. The van der Waals surface area contributed by atoms with Crippen molar-refractivity contribution in [3.63, 3.8) is 0 Å². The van der Waals surface area contributed by atoms with Gasteiger partial charge in [-0.3, -0.25) is 4.72 Å². The molecule has 2 aromatic rings. The number of halogens is 4. The van der Waals surface area contributed by atoms with Gasteiger partial charge >= 0.3 is 6.18 Å². The van der Waals surface area contributed by atoms with E-state index in [2.05, 4.69) is 20.7 Å².